The summed E-state index contributed by atoms with van der Waals surface area (Å²) in [7, 11) is 0. The van der Waals surface area contributed by atoms with E-state index in [-0.39, 0.29) is 17.1 Å². The predicted molar refractivity (Wildman–Crippen MR) is 76.4 cm³/mol. The number of rotatable bonds is 2. The number of hydrogen-bond donors (Lipinski definition) is 1. The van der Waals surface area contributed by atoms with Crippen LogP contribution in [0.4, 0.5) is 14.6 Å². The number of aromatic nitrogens is 1. The summed E-state index contributed by atoms with van der Waals surface area (Å²) in [5.41, 5.74) is 8.08. The fourth-order valence-electron chi connectivity index (χ4n) is 2.16. The number of hydrogen-bond acceptors (Lipinski definition) is 3. The van der Waals surface area contributed by atoms with Crippen LogP contribution in [-0.2, 0) is 0 Å². The van der Waals surface area contributed by atoms with Crippen molar-refractivity contribution in [1.82, 2.24) is 5.16 Å². The van der Waals surface area contributed by atoms with E-state index >= 15 is 0 Å². The highest BCUT2D eigenvalue weighted by molar-refractivity contribution is 5.86. The molecule has 0 saturated heterocycles. The minimum absolute atomic E-state index is 0.00484. The Morgan fingerprint density at radius 3 is 2.48 bits per heavy atom. The molecule has 1 heterocycles. The molecule has 0 fully saturated rings. The SMILES string of the molecule is Cc1ccc(-c2c(N)noc2-c2cccc(F)c2F)cc1. The highest BCUT2D eigenvalue weighted by Gasteiger charge is 2.21. The number of nitrogen functional groups attached to an aromatic ring is 1. The first-order valence-electron chi connectivity index (χ1n) is 6.34. The van der Waals surface area contributed by atoms with E-state index in [0.29, 0.717) is 5.56 Å². The molecular weight excluding hydrogens is 274 g/mol. The molecule has 0 aliphatic heterocycles. The summed E-state index contributed by atoms with van der Waals surface area (Å²) in [4.78, 5) is 0. The molecular formula is C16H12F2N2O. The molecule has 3 rings (SSSR count). The third-order valence-electron chi connectivity index (χ3n) is 3.25. The zero-order valence-corrected chi connectivity index (χ0v) is 11.2. The molecule has 1 aromatic heterocycles. The first-order valence-corrected chi connectivity index (χ1v) is 6.34. The third kappa shape index (κ3) is 2.27. The van der Waals surface area contributed by atoms with Gasteiger partial charge in [-0.15, -0.1) is 0 Å². The fourth-order valence-corrected chi connectivity index (χ4v) is 2.16. The molecule has 3 aromatic rings. The second-order valence-corrected chi connectivity index (χ2v) is 4.74. The van der Waals surface area contributed by atoms with Gasteiger partial charge in [-0.3, -0.25) is 0 Å². The van der Waals surface area contributed by atoms with Crippen molar-refractivity contribution >= 4 is 5.82 Å². The third-order valence-corrected chi connectivity index (χ3v) is 3.25. The van der Waals surface area contributed by atoms with Crippen LogP contribution in [0.3, 0.4) is 0 Å². The van der Waals surface area contributed by atoms with Gasteiger partial charge < -0.3 is 10.3 Å². The van der Waals surface area contributed by atoms with Gasteiger partial charge in [-0.2, -0.15) is 0 Å². The normalized spacial score (nSPS) is 10.8. The Labute approximate surface area is 120 Å². The number of benzene rings is 2. The van der Waals surface area contributed by atoms with Gasteiger partial charge in [-0.25, -0.2) is 8.78 Å². The van der Waals surface area contributed by atoms with Crippen LogP contribution in [0.5, 0.6) is 0 Å². The monoisotopic (exact) mass is 286 g/mol. The van der Waals surface area contributed by atoms with E-state index in [2.05, 4.69) is 5.16 Å². The molecule has 0 bridgehead atoms. The van der Waals surface area contributed by atoms with Crippen LogP contribution in [0.2, 0.25) is 0 Å². The number of aryl methyl sites for hydroxylation is 1. The van der Waals surface area contributed by atoms with Gasteiger partial charge in [0.15, 0.2) is 23.2 Å². The first-order chi connectivity index (χ1) is 10.1. The molecule has 0 amide bonds. The maximum atomic E-state index is 14.0. The lowest BCUT2D eigenvalue weighted by Gasteiger charge is -2.05. The largest absolute Gasteiger partial charge is 0.380 e. The summed E-state index contributed by atoms with van der Waals surface area (Å²) >= 11 is 0. The highest BCUT2D eigenvalue weighted by atomic mass is 19.2. The second kappa shape index (κ2) is 5.01. The molecule has 0 aliphatic rings. The van der Waals surface area contributed by atoms with Crippen LogP contribution < -0.4 is 5.73 Å². The van der Waals surface area contributed by atoms with Gasteiger partial charge >= 0.3 is 0 Å². The Balaban J connectivity index is 2.22. The van der Waals surface area contributed by atoms with Crippen molar-refractivity contribution in [2.75, 3.05) is 5.73 Å². The standard InChI is InChI=1S/C16H12F2N2O/c1-9-5-7-10(8-6-9)13-15(21-20-16(13)19)11-3-2-4-12(17)14(11)18/h2-8H,1H3,(H2,19,20). The predicted octanol–water partition coefficient (Wildman–Crippen LogP) is 4.18. The van der Waals surface area contributed by atoms with E-state index in [4.69, 9.17) is 10.3 Å². The smallest absolute Gasteiger partial charge is 0.179 e. The number of nitrogens with zero attached hydrogens (tertiary/aromatic N) is 1. The molecule has 2 aromatic carbocycles. The lowest BCUT2D eigenvalue weighted by molar-refractivity contribution is 0.430. The summed E-state index contributed by atoms with van der Waals surface area (Å²) in [6.07, 6.45) is 0. The van der Waals surface area contributed by atoms with Gasteiger partial charge in [0, 0.05) is 0 Å². The molecule has 0 spiro atoms. The maximum Gasteiger partial charge on any atom is 0.179 e. The fraction of sp³-hybridized carbons (Fsp3) is 0.0625. The maximum absolute atomic E-state index is 14.0. The molecule has 0 radical (unpaired) electrons. The lowest BCUT2D eigenvalue weighted by Crippen LogP contribution is -1.92. The van der Waals surface area contributed by atoms with Crippen LogP contribution in [0.25, 0.3) is 22.5 Å². The Morgan fingerprint density at radius 2 is 1.76 bits per heavy atom. The van der Waals surface area contributed by atoms with Crippen LogP contribution in [-0.4, -0.2) is 5.16 Å². The van der Waals surface area contributed by atoms with Crippen molar-refractivity contribution in [2.24, 2.45) is 0 Å². The molecule has 3 nitrogen and oxygen atoms in total. The van der Waals surface area contributed by atoms with Crippen molar-refractivity contribution in [3.05, 3.63) is 59.7 Å². The highest BCUT2D eigenvalue weighted by Crippen LogP contribution is 2.38. The number of halogens is 2. The van der Waals surface area contributed by atoms with Gasteiger partial charge in [0.2, 0.25) is 0 Å². The Morgan fingerprint density at radius 1 is 1.05 bits per heavy atom. The summed E-state index contributed by atoms with van der Waals surface area (Å²) in [5.74, 6) is -1.68. The summed E-state index contributed by atoms with van der Waals surface area (Å²) in [6, 6.07) is 11.3. The van der Waals surface area contributed by atoms with Crippen molar-refractivity contribution in [2.45, 2.75) is 6.92 Å². The number of anilines is 1. The van der Waals surface area contributed by atoms with E-state index in [1.165, 1.54) is 12.1 Å². The summed E-state index contributed by atoms with van der Waals surface area (Å²) in [6.45, 7) is 1.95. The molecule has 0 saturated carbocycles. The molecule has 5 heteroatoms. The molecule has 2 N–H and O–H groups in total. The topological polar surface area (TPSA) is 52.0 Å². The Bertz CT molecular complexity index is 795. The van der Waals surface area contributed by atoms with Crippen LogP contribution in [0.15, 0.2) is 47.0 Å². The van der Waals surface area contributed by atoms with Crippen molar-refractivity contribution in [3.8, 4) is 22.5 Å². The van der Waals surface area contributed by atoms with E-state index in [1.807, 2.05) is 31.2 Å². The van der Waals surface area contributed by atoms with Gasteiger partial charge in [0.05, 0.1) is 11.1 Å². The summed E-state index contributed by atoms with van der Waals surface area (Å²) in [5, 5.41) is 3.68. The summed E-state index contributed by atoms with van der Waals surface area (Å²) < 4.78 is 32.5. The molecule has 106 valence electrons. The quantitative estimate of drug-likeness (QED) is 0.769. The van der Waals surface area contributed by atoms with E-state index in [9.17, 15) is 8.78 Å². The van der Waals surface area contributed by atoms with Crippen LogP contribution in [0, 0.1) is 18.6 Å². The molecule has 21 heavy (non-hydrogen) atoms. The average molecular weight is 286 g/mol. The number of nitrogens with two attached hydrogens (primary N) is 1. The van der Waals surface area contributed by atoms with Crippen molar-refractivity contribution < 1.29 is 13.3 Å². The average Bonchev–Trinajstić information content (AvgIpc) is 2.85. The minimum Gasteiger partial charge on any atom is -0.380 e. The van der Waals surface area contributed by atoms with Gasteiger partial charge in [0.1, 0.15) is 0 Å². The van der Waals surface area contributed by atoms with Gasteiger partial charge in [-0.05, 0) is 24.6 Å². The van der Waals surface area contributed by atoms with Crippen LogP contribution >= 0.6 is 0 Å². The Kier molecular flexibility index (Phi) is 3.17. The van der Waals surface area contributed by atoms with E-state index in [0.717, 1.165) is 17.2 Å². The van der Waals surface area contributed by atoms with E-state index < -0.39 is 11.6 Å². The van der Waals surface area contributed by atoms with Crippen molar-refractivity contribution in [1.29, 1.82) is 0 Å². The first kappa shape index (κ1) is 13.3. The minimum atomic E-state index is -0.984. The zero-order valence-electron chi connectivity index (χ0n) is 11.2. The molecule has 0 aliphatic carbocycles. The van der Waals surface area contributed by atoms with Gasteiger partial charge in [-0.1, -0.05) is 41.1 Å². The van der Waals surface area contributed by atoms with Crippen molar-refractivity contribution in [3.63, 3.8) is 0 Å². The second-order valence-electron chi connectivity index (χ2n) is 4.74. The van der Waals surface area contributed by atoms with Crippen LogP contribution in [0.1, 0.15) is 5.56 Å². The Hall–Kier alpha value is -2.69. The molecule has 0 atom stereocenters. The molecule has 0 unspecified atom stereocenters. The van der Waals surface area contributed by atoms with Gasteiger partial charge in [0.25, 0.3) is 0 Å². The lowest BCUT2D eigenvalue weighted by atomic mass is 10.0. The van der Waals surface area contributed by atoms with E-state index in [1.54, 1.807) is 0 Å². The zero-order chi connectivity index (χ0) is 15.0.